The lowest BCUT2D eigenvalue weighted by molar-refractivity contribution is -0.143. The highest BCUT2D eigenvalue weighted by Crippen LogP contribution is 2.37. The molecule has 1 N–H and O–H groups in total. The number of hydrogen-bond acceptors (Lipinski definition) is 7. The number of nitrogens with one attached hydrogen (secondary N) is 1. The van der Waals surface area contributed by atoms with Crippen molar-refractivity contribution in [2.45, 2.75) is 64.8 Å². The predicted molar refractivity (Wildman–Crippen MR) is 119 cm³/mol. The SMILES string of the molecule is CCCCSc1nc2n(n1)C(c1ccc(OCC)cc1)C(C(=O)OC(C)C)=C(C)N2. The number of thioether (sulfide) groups is 1. The van der Waals surface area contributed by atoms with Crippen LogP contribution in [0.25, 0.3) is 0 Å². The molecule has 0 aliphatic carbocycles. The van der Waals surface area contributed by atoms with Gasteiger partial charge in [-0.05, 0) is 51.8 Å². The standard InChI is InChI=1S/C22H30N4O3S/c1-6-8-13-30-22-24-21-23-15(5)18(20(27)29-14(3)4)19(26(21)25-22)16-9-11-17(12-10-16)28-7-2/h9-12,14,19H,6-8,13H2,1-5H3,(H,23,24,25). The molecule has 0 fully saturated rings. The van der Waals surface area contributed by atoms with E-state index in [0.717, 1.165) is 35.6 Å². The first-order valence-corrected chi connectivity index (χ1v) is 11.4. The lowest BCUT2D eigenvalue weighted by atomic mass is 9.95. The monoisotopic (exact) mass is 430 g/mol. The molecule has 0 bridgehead atoms. The van der Waals surface area contributed by atoms with Crippen molar-refractivity contribution in [1.29, 1.82) is 0 Å². The molecule has 0 saturated heterocycles. The number of rotatable bonds is 9. The molecule has 0 saturated carbocycles. The van der Waals surface area contributed by atoms with Gasteiger partial charge in [0.2, 0.25) is 11.1 Å². The summed E-state index contributed by atoms with van der Waals surface area (Å²) in [5.74, 6) is 2.03. The average Bonchev–Trinajstić information content (AvgIpc) is 3.09. The zero-order valence-electron chi connectivity index (χ0n) is 18.3. The number of allylic oxidation sites excluding steroid dienone is 1. The molecule has 8 heteroatoms. The molecule has 1 aliphatic heterocycles. The molecule has 0 radical (unpaired) electrons. The minimum atomic E-state index is -0.420. The molecule has 1 atom stereocenters. The molecule has 7 nitrogen and oxygen atoms in total. The molecule has 1 aliphatic rings. The van der Waals surface area contributed by atoms with E-state index >= 15 is 0 Å². The van der Waals surface area contributed by atoms with Crippen LogP contribution in [-0.2, 0) is 9.53 Å². The van der Waals surface area contributed by atoms with Gasteiger partial charge in [-0.25, -0.2) is 9.48 Å². The highest BCUT2D eigenvalue weighted by Gasteiger charge is 2.35. The number of aromatic nitrogens is 3. The van der Waals surface area contributed by atoms with Crippen molar-refractivity contribution in [2.75, 3.05) is 17.7 Å². The summed E-state index contributed by atoms with van der Waals surface area (Å²) in [5, 5.41) is 8.66. The zero-order chi connectivity index (χ0) is 21.7. The highest BCUT2D eigenvalue weighted by molar-refractivity contribution is 7.99. The van der Waals surface area contributed by atoms with Crippen LogP contribution in [-0.4, -0.2) is 39.2 Å². The Balaban J connectivity index is 2.01. The van der Waals surface area contributed by atoms with Gasteiger partial charge in [-0.1, -0.05) is 37.2 Å². The highest BCUT2D eigenvalue weighted by atomic mass is 32.2. The summed E-state index contributed by atoms with van der Waals surface area (Å²) in [6.45, 7) is 10.3. The van der Waals surface area contributed by atoms with Gasteiger partial charge in [-0.2, -0.15) is 4.98 Å². The van der Waals surface area contributed by atoms with E-state index in [1.54, 1.807) is 16.4 Å². The third-order valence-electron chi connectivity index (χ3n) is 4.63. The second kappa shape index (κ2) is 10.0. The third-order valence-corrected chi connectivity index (χ3v) is 5.56. The molecule has 30 heavy (non-hydrogen) atoms. The first kappa shape index (κ1) is 22.2. The summed E-state index contributed by atoms with van der Waals surface area (Å²) in [6, 6.07) is 7.33. The molecule has 1 aromatic heterocycles. The third kappa shape index (κ3) is 4.98. The summed E-state index contributed by atoms with van der Waals surface area (Å²) in [7, 11) is 0. The molecule has 0 amide bonds. The Bertz CT molecular complexity index is 906. The number of ether oxygens (including phenoxy) is 2. The van der Waals surface area contributed by atoms with E-state index in [1.165, 1.54) is 0 Å². The second-order valence-corrected chi connectivity index (χ2v) is 8.45. The van der Waals surface area contributed by atoms with Crippen molar-refractivity contribution in [3.05, 3.63) is 41.1 Å². The lowest BCUT2D eigenvalue weighted by Gasteiger charge is -2.28. The summed E-state index contributed by atoms with van der Waals surface area (Å²) < 4.78 is 12.9. The molecule has 2 heterocycles. The van der Waals surface area contributed by atoms with Crippen LogP contribution in [0.2, 0.25) is 0 Å². The number of carbonyl (C=O) groups is 1. The Morgan fingerprint density at radius 1 is 1.27 bits per heavy atom. The fourth-order valence-corrected chi connectivity index (χ4v) is 4.18. The van der Waals surface area contributed by atoms with Gasteiger partial charge in [0.1, 0.15) is 11.8 Å². The van der Waals surface area contributed by atoms with Crippen LogP contribution in [0.4, 0.5) is 5.95 Å². The maximum absolute atomic E-state index is 13.0. The van der Waals surface area contributed by atoms with Crippen LogP contribution < -0.4 is 10.1 Å². The topological polar surface area (TPSA) is 78.3 Å². The van der Waals surface area contributed by atoms with Gasteiger partial charge in [0.25, 0.3) is 0 Å². The van der Waals surface area contributed by atoms with Crippen molar-refractivity contribution in [3.63, 3.8) is 0 Å². The van der Waals surface area contributed by atoms with Crippen molar-refractivity contribution >= 4 is 23.7 Å². The van der Waals surface area contributed by atoms with E-state index in [2.05, 4.69) is 17.2 Å². The maximum Gasteiger partial charge on any atom is 0.338 e. The van der Waals surface area contributed by atoms with Crippen LogP contribution in [0.5, 0.6) is 5.75 Å². The molecule has 0 spiro atoms. The van der Waals surface area contributed by atoms with E-state index in [-0.39, 0.29) is 12.1 Å². The summed E-state index contributed by atoms with van der Waals surface area (Å²) in [6.07, 6.45) is 2.02. The van der Waals surface area contributed by atoms with Gasteiger partial charge in [0.05, 0.1) is 18.3 Å². The second-order valence-electron chi connectivity index (χ2n) is 7.39. The summed E-state index contributed by atoms with van der Waals surface area (Å²) >= 11 is 1.63. The van der Waals surface area contributed by atoms with E-state index in [4.69, 9.17) is 14.6 Å². The Kier molecular flexibility index (Phi) is 7.42. The minimum Gasteiger partial charge on any atom is -0.494 e. The Hall–Kier alpha value is -2.48. The quantitative estimate of drug-likeness (QED) is 0.347. The van der Waals surface area contributed by atoms with Gasteiger partial charge >= 0.3 is 5.97 Å². The predicted octanol–water partition coefficient (Wildman–Crippen LogP) is 4.81. The van der Waals surface area contributed by atoms with Gasteiger partial charge in [0.15, 0.2) is 0 Å². The number of unbranched alkanes of at least 4 members (excludes halogenated alkanes) is 1. The van der Waals surface area contributed by atoms with E-state index < -0.39 is 6.04 Å². The van der Waals surface area contributed by atoms with Gasteiger partial charge in [-0.3, -0.25) is 0 Å². The number of fused-ring (bicyclic) bond motifs is 1. The van der Waals surface area contributed by atoms with E-state index in [0.29, 0.717) is 23.3 Å². The first-order valence-electron chi connectivity index (χ1n) is 10.4. The van der Waals surface area contributed by atoms with Gasteiger partial charge in [0, 0.05) is 11.4 Å². The van der Waals surface area contributed by atoms with Gasteiger partial charge in [-0.15, -0.1) is 5.10 Å². The van der Waals surface area contributed by atoms with Crippen LogP contribution in [0, 0.1) is 0 Å². The van der Waals surface area contributed by atoms with Crippen molar-refractivity contribution in [3.8, 4) is 5.75 Å². The van der Waals surface area contributed by atoms with Gasteiger partial charge < -0.3 is 14.8 Å². The zero-order valence-corrected chi connectivity index (χ0v) is 19.1. The van der Waals surface area contributed by atoms with E-state index in [1.807, 2.05) is 52.0 Å². The Morgan fingerprint density at radius 2 is 2.00 bits per heavy atom. The van der Waals surface area contributed by atoms with Crippen molar-refractivity contribution in [1.82, 2.24) is 14.8 Å². The minimum absolute atomic E-state index is 0.212. The molecule has 162 valence electrons. The molecule has 1 aromatic carbocycles. The summed E-state index contributed by atoms with van der Waals surface area (Å²) in [4.78, 5) is 17.6. The number of hydrogen-bond donors (Lipinski definition) is 1. The molecular formula is C22H30N4O3S. The maximum atomic E-state index is 13.0. The molecule has 3 rings (SSSR count). The van der Waals surface area contributed by atoms with Crippen molar-refractivity contribution in [2.24, 2.45) is 0 Å². The van der Waals surface area contributed by atoms with Crippen LogP contribution in [0.3, 0.4) is 0 Å². The van der Waals surface area contributed by atoms with Crippen LogP contribution in [0.1, 0.15) is 59.1 Å². The smallest absolute Gasteiger partial charge is 0.338 e. The number of carbonyl (C=O) groups excluding carboxylic acids is 1. The molecular weight excluding hydrogens is 400 g/mol. The first-order chi connectivity index (χ1) is 14.4. The lowest BCUT2D eigenvalue weighted by Crippen LogP contribution is -2.30. The largest absolute Gasteiger partial charge is 0.494 e. The van der Waals surface area contributed by atoms with Crippen molar-refractivity contribution < 1.29 is 14.3 Å². The number of nitrogens with zero attached hydrogens (tertiary/aromatic N) is 3. The molecule has 1 unspecified atom stereocenters. The Morgan fingerprint density at radius 3 is 2.63 bits per heavy atom. The fraction of sp³-hybridized carbons (Fsp3) is 0.500. The summed E-state index contributed by atoms with van der Waals surface area (Å²) in [5.41, 5.74) is 2.19. The van der Waals surface area contributed by atoms with E-state index in [9.17, 15) is 4.79 Å². The fourth-order valence-electron chi connectivity index (χ4n) is 3.26. The number of anilines is 1. The van der Waals surface area contributed by atoms with Crippen LogP contribution >= 0.6 is 11.8 Å². The number of benzene rings is 1. The normalized spacial score (nSPS) is 15.7. The average molecular weight is 431 g/mol. The van der Waals surface area contributed by atoms with Crippen LogP contribution in [0.15, 0.2) is 40.7 Å². The number of esters is 1. The molecule has 2 aromatic rings. The Labute approximate surface area is 182 Å².